The third-order valence-corrected chi connectivity index (χ3v) is 4.28. The first kappa shape index (κ1) is 16.0. The van der Waals surface area contributed by atoms with Gasteiger partial charge in [-0.2, -0.15) is 0 Å². The van der Waals surface area contributed by atoms with E-state index in [1.807, 2.05) is 61.5 Å². The minimum absolute atomic E-state index is 0.0653. The first-order valence-corrected chi connectivity index (χ1v) is 8.37. The van der Waals surface area contributed by atoms with Crippen LogP contribution in [0.25, 0.3) is 22.6 Å². The molecule has 0 saturated carbocycles. The van der Waals surface area contributed by atoms with Crippen molar-refractivity contribution >= 4 is 22.7 Å². The molecule has 0 aliphatic heterocycles. The number of rotatable bonds is 4. The number of amides is 1. The molecule has 0 fully saturated rings. The summed E-state index contributed by atoms with van der Waals surface area (Å²) in [5.74, 6) is 0.224. The molecule has 4 rings (SSSR count). The van der Waals surface area contributed by atoms with E-state index in [-0.39, 0.29) is 11.8 Å². The highest BCUT2D eigenvalue weighted by atomic mass is 16.3. The van der Waals surface area contributed by atoms with E-state index in [2.05, 4.69) is 15.3 Å². The molecule has 1 atom stereocenters. The Balaban J connectivity index is 1.57. The van der Waals surface area contributed by atoms with Crippen molar-refractivity contribution in [2.45, 2.75) is 12.8 Å². The van der Waals surface area contributed by atoms with E-state index in [0.29, 0.717) is 17.2 Å². The van der Waals surface area contributed by atoms with Crippen LogP contribution in [0.2, 0.25) is 0 Å². The van der Waals surface area contributed by atoms with E-state index in [0.717, 1.165) is 16.6 Å². The van der Waals surface area contributed by atoms with Crippen LogP contribution in [0.3, 0.4) is 0 Å². The van der Waals surface area contributed by atoms with Gasteiger partial charge in [0.05, 0.1) is 5.92 Å². The van der Waals surface area contributed by atoms with Gasteiger partial charge in [-0.1, -0.05) is 30.3 Å². The van der Waals surface area contributed by atoms with Crippen molar-refractivity contribution in [3.8, 4) is 11.5 Å². The summed E-state index contributed by atoms with van der Waals surface area (Å²) in [4.78, 5) is 21.0. The zero-order valence-electron chi connectivity index (χ0n) is 14.2. The van der Waals surface area contributed by atoms with Crippen molar-refractivity contribution in [1.29, 1.82) is 0 Å². The number of hydrogen-bond donors (Lipinski definition) is 1. The molecular weight excluding hydrogens is 326 g/mol. The largest absolute Gasteiger partial charge is 0.436 e. The average molecular weight is 343 g/mol. The Kier molecular flexibility index (Phi) is 4.19. The molecule has 2 heterocycles. The molecule has 0 aliphatic carbocycles. The molecule has 0 saturated heterocycles. The highest BCUT2D eigenvalue weighted by Gasteiger charge is 2.16. The molecule has 2 aromatic heterocycles. The van der Waals surface area contributed by atoms with Crippen LogP contribution >= 0.6 is 0 Å². The summed E-state index contributed by atoms with van der Waals surface area (Å²) in [6, 6.07) is 18.8. The van der Waals surface area contributed by atoms with E-state index in [9.17, 15) is 4.79 Å². The van der Waals surface area contributed by atoms with Gasteiger partial charge in [0.2, 0.25) is 11.8 Å². The van der Waals surface area contributed by atoms with Crippen LogP contribution in [0.15, 0.2) is 77.5 Å². The minimum Gasteiger partial charge on any atom is -0.436 e. The van der Waals surface area contributed by atoms with Gasteiger partial charge >= 0.3 is 0 Å². The van der Waals surface area contributed by atoms with Gasteiger partial charge in [0.25, 0.3) is 0 Å². The third kappa shape index (κ3) is 3.19. The molecule has 1 amide bonds. The quantitative estimate of drug-likeness (QED) is 0.586. The van der Waals surface area contributed by atoms with Crippen LogP contribution < -0.4 is 5.32 Å². The molecule has 5 nitrogen and oxygen atoms in total. The first-order chi connectivity index (χ1) is 12.7. The number of pyridine rings is 1. The molecule has 5 heteroatoms. The summed E-state index contributed by atoms with van der Waals surface area (Å²) < 4.78 is 5.83. The molecule has 0 spiro atoms. The van der Waals surface area contributed by atoms with E-state index >= 15 is 0 Å². The van der Waals surface area contributed by atoms with Crippen molar-refractivity contribution in [3.05, 3.63) is 78.6 Å². The second kappa shape index (κ2) is 6.80. The summed E-state index contributed by atoms with van der Waals surface area (Å²) >= 11 is 0. The number of anilines is 1. The van der Waals surface area contributed by atoms with Crippen molar-refractivity contribution in [3.63, 3.8) is 0 Å². The number of nitrogens with zero attached hydrogens (tertiary/aromatic N) is 2. The lowest BCUT2D eigenvalue weighted by Crippen LogP contribution is -2.18. The van der Waals surface area contributed by atoms with Crippen molar-refractivity contribution in [1.82, 2.24) is 9.97 Å². The van der Waals surface area contributed by atoms with Crippen LogP contribution in [0.5, 0.6) is 0 Å². The van der Waals surface area contributed by atoms with Crippen LogP contribution in [0.4, 0.5) is 5.69 Å². The number of fused-ring (bicyclic) bond motifs is 1. The average Bonchev–Trinajstić information content (AvgIpc) is 3.12. The molecule has 26 heavy (non-hydrogen) atoms. The number of aromatic nitrogens is 2. The topological polar surface area (TPSA) is 68.0 Å². The Bertz CT molecular complexity index is 1040. The van der Waals surface area contributed by atoms with E-state index in [4.69, 9.17) is 4.42 Å². The maximum Gasteiger partial charge on any atom is 0.231 e. The Labute approximate surface area is 150 Å². The van der Waals surface area contributed by atoms with Gasteiger partial charge in [-0.05, 0) is 36.8 Å². The molecule has 0 bridgehead atoms. The second-order valence-electron chi connectivity index (χ2n) is 6.06. The van der Waals surface area contributed by atoms with E-state index < -0.39 is 0 Å². The smallest absolute Gasteiger partial charge is 0.231 e. The second-order valence-corrected chi connectivity index (χ2v) is 6.06. The number of carbonyl (C=O) groups is 1. The van der Waals surface area contributed by atoms with Gasteiger partial charge in [-0.25, -0.2) is 4.98 Å². The van der Waals surface area contributed by atoms with Gasteiger partial charge in [0, 0.05) is 29.7 Å². The van der Waals surface area contributed by atoms with Crippen molar-refractivity contribution < 1.29 is 9.21 Å². The lowest BCUT2D eigenvalue weighted by molar-refractivity contribution is -0.117. The summed E-state index contributed by atoms with van der Waals surface area (Å²) in [6.07, 6.45) is 3.39. The number of oxazole rings is 1. The van der Waals surface area contributed by atoms with Gasteiger partial charge in [-0.15, -0.1) is 0 Å². The van der Waals surface area contributed by atoms with Gasteiger partial charge in [0.15, 0.2) is 5.58 Å². The first-order valence-electron chi connectivity index (χ1n) is 8.37. The molecule has 128 valence electrons. The standard InChI is InChI=1S/C21H17N3O2/c1-14(15-5-3-2-4-6-15)20(25)23-17-7-8-18-19(13-17)26-21(24-18)16-9-11-22-12-10-16/h2-14H,1H3,(H,23,25). The zero-order valence-corrected chi connectivity index (χ0v) is 14.2. The maximum absolute atomic E-state index is 12.5. The van der Waals surface area contributed by atoms with Gasteiger partial charge < -0.3 is 9.73 Å². The lowest BCUT2D eigenvalue weighted by atomic mass is 10.0. The van der Waals surface area contributed by atoms with Crippen LogP contribution in [0.1, 0.15) is 18.4 Å². The summed E-state index contributed by atoms with van der Waals surface area (Å²) in [7, 11) is 0. The van der Waals surface area contributed by atoms with Crippen LogP contribution in [-0.2, 0) is 4.79 Å². The van der Waals surface area contributed by atoms with Crippen molar-refractivity contribution in [2.75, 3.05) is 5.32 Å². The fourth-order valence-electron chi connectivity index (χ4n) is 2.76. The molecule has 0 radical (unpaired) electrons. The fraction of sp³-hybridized carbons (Fsp3) is 0.0952. The molecule has 4 aromatic rings. The predicted molar refractivity (Wildman–Crippen MR) is 101 cm³/mol. The normalized spacial score (nSPS) is 12.0. The van der Waals surface area contributed by atoms with Crippen LogP contribution in [0, 0.1) is 0 Å². The lowest BCUT2D eigenvalue weighted by Gasteiger charge is -2.12. The Morgan fingerprint density at radius 3 is 2.58 bits per heavy atom. The third-order valence-electron chi connectivity index (χ3n) is 4.28. The van der Waals surface area contributed by atoms with Crippen LogP contribution in [-0.4, -0.2) is 15.9 Å². The number of carbonyl (C=O) groups excluding carboxylic acids is 1. The van der Waals surface area contributed by atoms with E-state index in [1.54, 1.807) is 18.5 Å². The molecular formula is C21H17N3O2. The summed E-state index contributed by atoms with van der Waals surface area (Å²) in [5, 5.41) is 2.94. The maximum atomic E-state index is 12.5. The number of benzene rings is 2. The Morgan fingerprint density at radius 1 is 1.04 bits per heavy atom. The molecule has 1 N–H and O–H groups in total. The Morgan fingerprint density at radius 2 is 1.81 bits per heavy atom. The zero-order chi connectivity index (χ0) is 17.9. The highest BCUT2D eigenvalue weighted by Crippen LogP contribution is 2.26. The molecule has 2 aromatic carbocycles. The highest BCUT2D eigenvalue weighted by molar-refractivity contribution is 5.97. The molecule has 1 unspecified atom stereocenters. The van der Waals surface area contributed by atoms with Gasteiger partial charge in [-0.3, -0.25) is 9.78 Å². The molecule has 0 aliphatic rings. The minimum atomic E-state index is -0.242. The number of nitrogens with one attached hydrogen (secondary N) is 1. The summed E-state index contributed by atoms with van der Waals surface area (Å²) in [6.45, 7) is 1.89. The van der Waals surface area contributed by atoms with Gasteiger partial charge in [0.1, 0.15) is 5.52 Å². The summed E-state index contributed by atoms with van der Waals surface area (Å²) in [5.41, 5.74) is 3.89. The SMILES string of the molecule is CC(C(=O)Nc1ccc2nc(-c3ccncc3)oc2c1)c1ccccc1. The Hall–Kier alpha value is -3.47. The van der Waals surface area contributed by atoms with Crippen molar-refractivity contribution in [2.24, 2.45) is 0 Å². The predicted octanol–water partition coefficient (Wildman–Crippen LogP) is 4.63. The fourth-order valence-corrected chi connectivity index (χ4v) is 2.76. The number of hydrogen-bond acceptors (Lipinski definition) is 4. The van der Waals surface area contributed by atoms with E-state index in [1.165, 1.54) is 0 Å². The monoisotopic (exact) mass is 343 g/mol.